The highest BCUT2D eigenvalue weighted by Gasteiger charge is 2.09. The van der Waals surface area contributed by atoms with Crippen LogP contribution in [0.1, 0.15) is 0 Å². The number of carbonyl (C=O) groups is 1. The van der Waals surface area contributed by atoms with Crippen molar-refractivity contribution in [2.75, 3.05) is 21.7 Å². The lowest BCUT2D eigenvalue weighted by atomic mass is 10.3. The number of amides is 1. The smallest absolute Gasteiger partial charge is 0.234 e. The van der Waals surface area contributed by atoms with Crippen molar-refractivity contribution >= 4 is 68.0 Å². The predicted octanol–water partition coefficient (Wildman–Crippen LogP) is 6.13. The molecule has 3 aromatic carbocycles. The zero-order valence-corrected chi connectivity index (χ0v) is 18.3. The number of benzene rings is 3. The zero-order valence-electron chi connectivity index (χ0n) is 15.1. The molecule has 0 aromatic heterocycles. The van der Waals surface area contributed by atoms with Crippen LogP contribution in [0.5, 0.6) is 0 Å². The van der Waals surface area contributed by atoms with Gasteiger partial charge in [-0.1, -0.05) is 40.2 Å². The first-order valence-electron chi connectivity index (χ1n) is 8.60. The average molecular weight is 490 g/mol. The summed E-state index contributed by atoms with van der Waals surface area (Å²) >= 11 is 9.87. The van der Waals surface area contributed by atoms with E-state index in [0.29, 0.717) is 9.59 Å². The minimum absolute atomic E-state index is 0.158. The Hall–Kier alpha value is -2.42. The number of hydrogen-bond acceptors (Lipinski definition) is 3. The maximum absolute atomic E-state index is 13.8. The van der Waals surface area contributed by atoms with Crippen LogP contribution in [0.4, 0.5) is 21.5 Å². The average Bonchev–Trinajstić information content (AvgIpc) is 2.69. The molecule has 0 saturated carbocycles. The molecule has 3 N–H and O–H groups in total. The van der Waals surface area contributed by atoms with Crippen molar-refractivity contribution in [3.63, 3.8) is 0 Å². The first kappa shape index (κ1) is 21.3. The van der Waals surface area contributed by atoms with E-state index in [-0.39, 0.29) is 17.3 Å². The predicted molar refractivity (Wildman–Crippen MR) is 126 cm³/mol. The maximum Gasteiger partial charge on any atom is 0.234 e. The van der Waals surface area contributed by atoms with E-state index in [1.165, 1.54) is 23.9 Å². The molecule has 0 heterocycles. The number of nitrogens with one attached hydrogen (secondary N) is 3. The SMILES string of the molecule is O=C(CSc1cccc(NC(=S)Nc2ccccc2)c1)Nc1ccc(Br)cc1F. The van der Waals surface area contributed by atoms with Crippen molar-refractivity contribution in [3.8, 4) is 0 Å². The number of carbonyl (C=O) groups excluding carboxylic acids is 1. The van der Waals surface area contributed by atoms with Gasteiger partial charge in [0.15, 0.2) is 5.11 Å². The zero-order chi connectivity index (χ0) is 20.6. The Balaban J connectivity index is 1.52. The molecule has 0 aliphatic carbocycles. The number of hydrogen-bond donors (Lipinski definition) is 3. The van der Waals surface area contributed by atoms with Gasteiger partial charge in [0.05, 0.1) is 11.4 Å². The normalized spacial score (nSPS) is 10.3. The third-order valence-corrected chi connectivity index (χ3v) is 5.39. The first-order valence-corrected chi connectivity index (χ1v) is 10.8. The molecule has 3 aromatic rings. The highest BCUT2D eigenvalue weighted by Crippen LogP contribution is 2.23. The van der Waals surface area contributed by atoms with Gasteiger partial charge in [0.25, 0.3) is 0 Å². The molecule has 8 heteroatoms. The third-order valence-electron chi connectivity index (χ3n) is 3.70. The van der Waals surface area contributed by atoms with E-state index < -0.39 is 5.82 Å². The van der Waals surface area contributed by atoms with Crippen molar-refractivity contribution in [3.05, 3.63) is 83.1 Å². The topological polar surface area (TPSA) is 53.2 Å². The number of rotatable bonds is 6. The minimum Gasteiger partial charge on any atom is -0.332 e. The van der Waals surface area contributed by atoms with Crippen LogP contribution in [-0.4, -0.2) is 16.8 Å². The standard InChI is InChI=1S/C21H17BrFN3OS2/c22-14-9-10-19(18(23)11-14)26-20(27)13-29-17-8-4-7-16(12-17)25-21(28)24-15-5-2-1-3-6-15/h1-12H,13H2,(H,26,27)(H2,24,25,28). The Morgan fingerprint density at radius 3 is 2.41 bits per heavy atom. The molecule has 0 bridgehead atoms. The van der Waals surface area contributed by atoms with Gasteiger partial charge in [0.1, 0.15) is 5.82 Å². The molecule has 0 saturated heterocycles. The monoisotopic (exact) mass is 489 g/mol. The van der Waals surface area contributed by atoms with Crippen molar-refractivity contribution in [2.45, 2.75) is 4.90 Å². The van der Waals surface area contributed by atoms with E-state index in [1.54, 1.807) is 6.07 Å². The second-order valence-electron chi connectivity index (χ2n) is 5.93. The molecule has 0 aliphatic heterocycles. The Labute approximate surface area is 186 Å². The molecule has 3 rings (SSSR count). The van der Waals surface area contributed by atoms with E-state index in [4.69, 9.17) is 12.2 Å². The largest absolute Gasteiger partial charge is 0.332 e. The molecular weight excluding hydrogens is 473 g/mol. The van der Waals surface area contributed by atoms with E-state index in [9.17, 15) is 9.18 Å². The van der Waals surface area contributed by atoms with Crippen molar-refractivity contribution in [1.29, 1.82) is 0 Å². The van der Waals surface area contributed by atoms with Crippen molar-refractivity contribution in [2.24, 2.45) is 0 Å². The maximum atomic E-state index is 13.8. The van der Waals surface area contributed by atoms with Crippen LogP contribution in [0, 0.1) is 5.82 Å². The van der Waals surface area contributed by atoms with Gasteiger partial charge in [-0.15, -0.1) is 11.8 Å². The van der Waals surface area contributed by atoms with Gasteiger partial charge in [0, 0.05) is 20.7 Å². The van der Waals surface area contributed by atoms with Gasteiger partial charge >= 0.3 is 0 Å². The second kappa shape index (κ2) is 10.4. The third kappa shape index (κ3) is 6.85. The summed E-state index contributed by atoms with van der Waals surface area (Å²) in [6.07, 6.45) is 0. The first-order chi connectivity index (χ1) is 14.0. The summed E-state index contributed by atoms with van der Waals surface area (Å²) in [5.74, 6) is -0.606. The summed E-state index contributed by atoms with van der Waals surface area (Å²) in [7, 11) is 0. The Morgan fingerprint density at radius 2 is 1.66 bits per heavy atom. The molecule has 29 heavy (non-hydrogen) atoms. The van der Waals surface area contributed by atoms with Gasteiger partial charge in [0.2, 0.25) is 5.91 Å². The lowest BCUT2D eigenvalue weighted by Crippen LogP contribution is -2.19. The van der Waals surface area contributed by atoms with Crippen molar-refractivity contribution in [1.82, 2.24) is 0 Å². The van der Waals surface area contributed by atoms with Gasteiger partial charge in [-0.25, -0.2) is 4.39 Å². The molecule has 148 valence electrons. The minimum atomic E-state index is -0.483. The van der Waals surface area contributed by atoms with Crippen LogP contribution in [0.2, 0.25) is 0 Å². The molecule has 0 aliphatic rings. The molecule has 0 fully saturated rings. The molecule has 0 atom stereocenters. The van der Waals surface area contributed by atoms with E-state index >= 15 is 0 Å². The lowest BCUT2D eigenvalue weighted by Gasteiger charge is -2.11. The summed E-state index contributed by atoms with van der Waals surface area (Å²) in [5.41, 5.74) is 1.86. The molecule has 1 amide bonds. The molecule has 0 radical (unpaired) electrons. The molecule has 0 spiro atoms. The molecular formula is C21H17BrFN3OS2. The number of anilines is 3. The van der Waals surface area contributed by atoms with Gasteiger partial charge in [-0.2, -0.15) is 0 Å². The highest BCUT2D eigenvalue weighted by atomic mass is 79.9. The van der Waals surface area contributed by atoms with E-state index in [1.807, 2.05) is 54.6 Å². The van der Waals surface area contributed by atoms with E-state index in [2.05, 4.69) is 31.9 Å². The van der Waals surface area contributed by atoms with Crippen LogP contribution in [0.15, 0.2) is 82.2 Å². The van der Waals surface area contributed by atoms with Gasteiger partial charge < -0.3 is 16.0 Å². The summed E-state index contributed by atoms with van der Waals surface area (Å²) in [6, 6.07) is 21.7. The fourth-order valence-electron chi connectivity index (χ4n) is 2.40. The fraction of sp³-hybridized carbons (Fsp3) is 0.0476. The Bertz CT molecular complexity index is 1020. The summed E-state index contributed by atoms with van der Waals surface area (Å²) < 4.78 is 14.4. The van der Waals surface area contributed by atoms with Crippen LogP contribution < -0.4 is 16.0 Å². The summed E-state index contributed by atoms with van der Waals surface area (Å²) in [6.45, 7) is 0. The summed E-state index contributed by atoms with van der Waals surface area (Å²) in [4.78, 5) is 13.0. The van der Waals surface area contributed by atoms with E-state index in [0.717, 1.165) is 16.3 Å². The number of halogens is 2. The Kier molecular flexibility index (Phi) is 7.62. The number of thiocarbonyl (C=S) groups is 1. The van der Waals surface area contributed by atoms with Crippen LogP contribution in [-0.2, 0) is 4.79 Å². The highest BCUT2D eigenvalue weighted by molar-refractivity contribution is 9.10. The van der Waals surface area contributed by atoms with Gasteiger partial charge in [-0.3, -0.25) is 4.79 Å². The number of para-hydroxylation sites is 1. The van der Waals surface area contributed by atoms with Crippen LogP contribution in [0.3, 0.4) is 0 Å². The summed E-state index contributed by atoms with van der Waals surface area (Å²) in [5, 5.41) is 9.28. The molecule has 4 nitrogen and oxygen atoms in total. The molecule has 0 unspecified atom stereocenters. The van der Waals surface area contributed by atoms with Gasteiger partial charge in [-0.05, 0) is 60.7 Å². The van der Waals surface area contributed by atoms with Crippen LogP contribution >= 0.6 is 39.9 Å². The fourth-order valence-corrected chi connectivity index (χ4v) is 3.73. The Morgan fingerprint density at radius 1 is 0.931 bits per heavy atom. The second-order valence-corrected chi connectivity index (χ2v) is 8.31. The lowest BCUT2D eigenvalue weighted by molar-refractivity contribution is -0.113. The van der Waals surface area contributed by atoms with Crippen LogP contribution in [0.25, 0.3) is 0 Å². The quantitative estimate of drug-likeness (QED) is 0.287. The van der Waals surface area contributed by atoms with Crippen molar-refractivity contribution < 1.29 is 9.18 Å². The number of thioether (sulfide) groups is 1.